The van der Waals surface area contributed by atoms with Crippen molar-refractivity contribution in [2.24, 2.45) is 5.92 Å². The van der Waals surface area contributed by atoms with Crippen LogP contribution in [0.15, 0.2) is 47.7 Å². The van der Waals surface area contributed by atoms with Crippen LogP contribution in [-0.2, 0) is 19.1 Å². The first-order valence-electron chi connectivity index (χ1n) is 21.5. The third kappa shape index (κ3) is 7.86. The van der Waals surface area contributed by atoms with Crippen LogP contribution in [0.1, 0.15) is 97.9 Å². The van der Waals surface area contributed by atoms with Gasteiger partial charge in [0, 0.05) is 45.0 Å². The first kappa shape index (κ1) is 40.1. The van der Waals surface area contributed by atoms with Gasteiger partial charge in [-0.3, -0.25) is 28.9 Å². The molecule has 1 saturated carbocycles. The molecular formula is C43H47F2N11O6. The maximum atomic E-state index is 14.3. The fraction of sp³-hybridized carbons (Fsp3) is 0.512. The molecule has 0 radical (unpaired) electrons. The number of morpholine rings is 1. The van der Waals surface area contributed by atoms with Crippen molar-refractivity contribution < 1.29 is 32.6 Å². The van der Waals surface area contributed by atoms with Crippen molar-refractivity contribution >= 4 is 45.9 Å². The maximum absolute atomic E-state index is 14.3. The molecule has 5 fully saturated rings. The second-order valence-corrected chi connectivity index (χ2v) is 17.0. The number of aromatic nitrogens is 7. The summed E-state index contributed by atoms with van der Waals surface area (Å²) < 4.78 is 44.9. The van der Waals surface area contributed by atoms with E-state index in [1.807, 2.05) is 12.1 Å². The van der Waals surface area contributed by atoms with Gasteiger partial charge in [-0.25, -0.2) is 23.1 Å². The van der Waals surface area contributed by atoms with E-state index < -0.39 is 35.7 Å². The Hall–Kier alpha value is -5.97. The standard InChI is InChI=1S/C43H47F2N11O6/c44-39(45)38-32(47-41(58)31-20-46-54-17-14-35(48-40(31)54)53-22-30-19-28(53)24-62-30)23-55(51-38)27-8-6-25(7-9-27)21-52-15-12-29(13-16-52)61-18-2-4-26-3-1-5-33-37(26)50-43(60)56(33)34-10-11-36(57)49-42(34)59/h1,3,5,14,17,20,23,25,27-30,34,39H,6-13,15-16,18-19,21-22,24H2,(H,47,58)(H,50,60)(H,49,57,59)/t25?,27?,28-,30-,34+/m1/s1. The van der Waals surface area contributed by atoms with Gasteiger partial charge in [0.05, 0.1) is 59.4 Å². The van der Waals surface area contributed by atoms with Crippen molar-refractivity contribution in [3.8, 4) is 11.8 Å². The minimum absolute atomic E-state index is 0.0110. The van der Waals surface area contributed by atoms with Gasteiger partial charge in [-0.1, -0.05) is 17.9 Å². The number of ether oxygens (including phenoxy) is 2. The lowest BCUT2D eigenvalue weighted by molar-refractivity contribution is -0.135. The van der Waals surface area contributed by atoms with Crippen LogP contribution in [0.2, 0.25) is 0 Å². The number of imide groups is 1. The molecule has 0 unspecified atom stereocenters. The lowest BCUT2D eigenvalue weighted by Gasteiger charge is -2.36. The SMILES string of the molecule is O=C1CC[C@H](n2c(=O)[nH]c3c(C#CCOC4CCN(CC5CCC(n6cc(NC(=O)c7cnn8ccc(N9C[C@H]%10C[C@@H]9CO%10)nc78)c(C(F)F)n6)CC5)CC4)cccc32)C(=O)N1. The number of anilines is 2. The van der Waals surface area contributed by atoms with E-state index in [0.29, 0.717) is 34.8 Å². The fourth-order valence-electron chi connectivity index (χ4n) is 9.90. The number of hydrogen-bond acceptors (Lipinski definition) is 11. The van der Waals surface area contributed by atoms with Crippen molar-refractivity contribution in [3.63, 3.8) is 0 Å². The molecule has 8 heterocycles. The van der Waals surface area contributed by atoms with Gasteiger partial charge in [0.15, 0.2) is 11.3 Å². The summed E-state index contributed by atoms with van der Waals surface area (Å²) in [6.07, 6.45) is 8.71. The number of hydrogen-bond donors (Lipinski definition) is 3. The molecule has 1 aliphatic carbocycles. The molecule has 5 aliphatic rings. The molecular weight excluding hydrogens is 805 g/mol. The number of fused-ring (bicyclic) bond motifs is 4. The normalized spacial score (nSPS) is 24.6. The van der Waals surface area contributed by atoms with Crippen LogP contribution < -0.4 is 21.2 Å². The zero-order valence-corrected chi connectivity index (χ0v) is 34.0. The quantitative estimate of drug-likeness (QED) is 0.136. The monoisotopic (exact) mass is 851 g/mol. The van der Waals surface area contributed by atoms with E-state index in [2.05, 4.69) is 47.5 Å². The van der Waals surface area contributed by atoms with Crippen molar-refractivity contribution in [1.29, 1.82) is 0 Å². The summed E-state index contributed by atoms with van der Waals surface area (Å²) >= 11 is 0. The smallest absolute Gasteiger partial charge is 0.327 e. The molecule has 4 saturated heterocycles. The molecule has 0 spiro atoms. The lowest BCUT2D eigenvalue weighted by atomic mass is 9.85. The van der Waals surface area contributed by atoms with Gasteiger partial charge in [-0.05, 0) is 75.5 Å². The topological polar surface area (TPSA) is 186 Å². The van der Waals surface area contributed by atoms with Gasteiger partial charge in [0.2, 0.25) is 11.8 Å². The Kier molecular flexibility index (Phi) is 10.8. The van der Waals surface area contributed by atoms with Crippen molar-refractivity contribution in [2.45, 2.75) is 94.5 Å². The molecule has 17 nitrogen and oxygen atoms in total. The number of nitrogens with zero attached hydrogens (tertiary/aromatic N) is 8. The highest BCUT2D eigenvalue weighted by molar-refractivity contribution is 6.08. The lowest BCUT2D eigenvalue weighted by Crippen LogP contribution is -2.43. The number of benzene rings is 1. The van der Waals surface area contributed by atoms with Crippen LogP contribution in [0, 0.1) is 17.8 Å². The average molecular weight is 852 g/mol. The molecule has 3 amide bonds. The van der Waals surface area contributed by atoms with E-state index in [9.17, 15) is 28.0 Å². The Bertz CT molecular complexity index is 2650. The molecule has 5 aromatic rings. The van der Waals surface area contributed by atoms with Crippen LogP contribution in [0.4, 0.5) is 20.3 Å². The van der Waals surface area contributed by atoms with E-state index in [4.69, 9.17) is 14.5 Å². The third-order valence-corrected chi connectivity index (χ3v) is 13.1. The molecule has 10 rings (SSSR count). The highest BCUT2D eigenvalue weighted by Crippen LogP contribution is 2.36. The zero-order chi connectivity index (χ0) is 42.5. The number of H-pyrrole nitrogens is 1. The summed E-state index contributed by atoms with van der Waals surface area (Å²) in [5.74, 6) is 6.01. The Morgan fingerprint density at radius 2 is 1.89 bits per heavy atom. The van der Waals surface area contributed by atoms with Gasteiger partial charge >= 0.3 is 5.69 Å². The number of rotatable bonds is 10. The largest absolute Gasteiger partial charge is 0.374 e. The minimum atomic E-state index is -2.86. The summed E-state index contributed by atoms with van der Waals surface area (Å²) in [5, 5.41) is 13.6. The van der Waals surface area contributed by atoms with Gasteiger partial charge in [0.25, 0.3) is 12.3 Å². The Morgan fingerprint density at radius 3 is 2.65 bits per heavy atom. The second-order valence-electron chi connectivity index (χ2n) is 17.0. The van der Waals surface area contributed by atoms with E-state index in [1.165, 1.54) is 21.5 Å². The molecule has 1 aromatic carbocycles. The number of carbonyl (C=O) groups excluding carboxylic acids is 3. The number of aromatic amines is 1. The number of imidazole rings is 1. The van der Waals surface area contributed by atoms with E-state index in [-0.39, 0.29) is 60.9 Å². The second kappa shape index (κ2) is 16.7. The van der Waals surface area contributed by atoms with Gasteiger partial charge in [-0.15, -0.1) is 0 Å². The molecule has 3 N–H and O–H groups in total. The summed E-state index contributed by atoms with van der Waals surface area (Å²) in [5.41, 5.74) is 1.38. The van der Waals surface area contributed by atoms with Crippen LogP contribution in [0.3, 0.4) is 0 Å². The number of piperidine rings is 2. The number of carbonyl (C=O) groups is 3. The Morgan fingerprint density at radius 1 is 1.05 bits per heavy atom. The first-order valence-corrected chi connectivity index (χ1v) is 21.5. The van der Waals surface area contributed by atoms with Crippen LogP contribution in [0.25, 0.3) is 16.7 Å². The van der Waals surface area contributed by atoms with Gasteiger partial charge in [-0.2, -0.15) is 10.2 Å². The molecule has 2 bridgehead atoms. The fourth-order valence-corrected chi connectivity index (χ4v) is 9.90. The highest BCUT2D eigenvalue weighted by Gasteiger charge is 2.40. The number of nitrogens with one attached hydrogen (secondary N) is 3. The summed E-state index contributed by atoms with van der Waals surface area (Å²) in [7, 11) is 0. The molecule has 324 valence electrons. The van der Waals surface area contributed by atoms with Gasteiger partial charge < -0.3 is 29.6 Å². The van der Waals surface area contributed by atoms with E-state index in [0.717, 1.165) is 76.9 Å². The number of amides is 3. The molecule has 62 heavy (non-hydrogen) atoms. The number of halogens is 2. The maximum Gasteiger partial charge on any atom is 0.327 e. The van der Waals surface area contributed by atoms with Crippen molar-refractivity contribution in [2.75, 3.05) is 49.6 Å². The molecule has 4 aromatic heterocycles. The number of alkyl halides is 2. The predicted octanol–water partition coefficient (Wildman–Crippen LogP) is 3.98. The summed E-state index contributed by atoms with van der Waals surface area (Å²) in [6.45, 7) is 4.39. The van der Waals surface area contributed by atoms with Gasteiger partial charge in [0.1, 0.15) is 24.0 Å². The van der Waals surface area contributed by atoms with Crippen LogP contribution >= 0.6 is 0 Å². The Labute approximate surface area is 354 Å². The van der Waals surface area contributed by atoms with Crippen molar-refractivity contribution in [1.82, 2.24) is 44.1 Å². The average Bonchev–Trinajstić information content (AvgIpc) is 4.12. The third-order valence-electron chi connectivity index (χ3n) is 13.1. The summed E-state index contributed by atoms with van der Waals surface area (Å²) in [4.78, 5) is 62.7. The molecule has 4 aliphatic heterocycles. The van der Waals surface area contributed by atoms with Crippen LogP contribution in [0.5, 0.6) is 0 Å². The zero-order valence-electron chi connectivity index (χ0n) is 34.0. The first-order chi connectivity index (χ1) is 30.1. The highest BCUT2D eigenvalue weighted by atomic mass is 19.3. The molecule has 3 atom stereocenters. The van der Waals surface area contributed by atoms with E-state index >= 15 is 0 Å². The van der Waals surface area contributed by atoms with Crippen LogP contribution in [-0.4, -0.2) is 114 Å². The molecule has 19 heteroatoms. The number of likely N-dealkylation sites (tertiary alicyclic amines) is 1. The summed E-state index contributed by atoms with van der Waals surface area (Å²) in [6, 6.07) is 6.64. The van der Waals surface area contributed by atoms with E-state index in [1.54, 1.807) is 23.0 Å². The predicted molar refractivity (Wildman–Crippen MR) is 221 cm³/mol. The number of para-hydroxylation sites is 1. The minimum Gasteiger partial charge on any atom is -0.374 e. The Balaban J connectivity index is 0.695. The van der Waals surface area contributed by atoms with Crippen molar-refractivity contribution in [3.05, 3.63) is 70.2 Å².